The molecule has 0 aliphatic carbocycles. The first-order valence-electron chi connectivity index (χ1n) is 12.2. The Morgan fingerprint density at radius 3 is 2.42 bits per heavy atom. The second-order valence-corrected chi connectivity index (χ2v) is 9.33. The van der Waals surface area contributed by atoms with Crippen LogP contribution in [0.2, 0.25) is 0 Å². The van der Waals surface area contributed by atoms with Gasteiger partial charge in [-0.25, -0.2) is 4.99 Å². The lowest BCUT2D eigenvalue weighted by atomic mass is 10.0. The van der Waals surface area contributed by atoms with Crippen molar-refractivity contribution in [3.8, 4) is 0 Å². The molecule has 2 aliphatic rings. The highest BCUT2D eigenvalue weighted by Crippen LogP contribution is 2.21. The quantitative estimate of drug-likeness (QED) is 0.301. The number of aliphatic imine (C=N–C) groups is 1. The highest BCUT2D eigenvalue weighted by atomic mass is 127. The zero-order valence-electron chi connectivity index (χ0n) is 20.1. The van der Waals surface area contributed by atoms with Crippen LogP contribution in [0, 0.1) is 0 Å². The minimum Gasteiger partial charge on any atom is -0.357 e. The molecule has 2 fully saturated rings. The summed E-state index contributed by atoms with van der Waals surface area (Å²) >= 11 is 0. The van der Waals surface area contributed by atoms with Gasteiger partial charge in [0.1, 0.15) is 0 Å². The smallest absolute Gasteiger partial charge is 0.191 e. The van der Waals surface area contributed by atoms with Crippen LogP contribution in [0.3, 0.4) is 0 Å². The van der Waals surface area contributed by atoms with Gasteiger partial charge in [-0.3, -0.25) is 4.90 Å². The third-order valence-corrected chi connectivity index (χ3v) is 6.78. The van der Waals surface area contributed by atoms with Gasteiger partial charge in [-0.05, 0) is 71.0 Å². The van der Waals surface area contributed by atoms with Crippen LogP contribution < -0.4 is 10.6 Å². The van der Waals surface area contributed by atoms with Gasteiger partial charge in [0, 0.05) is 44.3 Å². The Morgan fingerprint density at radius 2 is 1.77 bits per heavy atom. The molecule has 176 valence electrons. The number of nitrogens with one attached hydrogen (secondary N) is 2. The number of hydrogen-bond acceptors (Lipinski definition) is 3. The van der Waals surface area contributed by atoms with E-state index < -0.39 is 0 Å². The molecule has 3 rings (SSSR count). The molecule has 0 bridgehead atoms. The third-order valence-electron chi connectivity index (χ3n) is 6.78. The van der Waals surface area contributed by atoms with Crippen molar-refractivity contribution < 1.29 is 0 Å². The number of halogens is 1. The first-order valence-corrected chi connectivity index (χ1v) is 12.2. The standard InChI is InChI=1S/C25H43N5.HI/c1-5-26-25(28-24-13-16-29(17-14-24)20(2)3)27-18-22-11-6-7-12-23(22)19-30-15-9-8-10-21(30)4;/h6-7,11-12,20-21,24H,5,8-10,13-19H2,1-4H3,(H2,26,27,28);1H. The molecular weight excluding hydrogens is 497 g/mol. The van der Waals surface area contributed by atoms with Crippen LogP contribution in [-0.4, -0.2) is 60.1 Å². The number of rotatable bonds is 7. The number of guanidine groups is 1. The maximum Gasteiger partial charge on any atom is 0.191 e. The summed E-state index contributed by atoms with van der Waals surface area (Å²) in [6.45, 7) is 15.3. The van der Waals surface area contributed by atoms with Crippen molar-refractivity contribution >= 4 is 29.9 Å². The first kappa shape index (κ1) is 26.4. The van der Waals surface area contributed by atoms with E-state index in [-0.39, 0.29) is 24.0 Å². The van der Waals surface area contributed by atoms with Gasteiger partial charge < -0.3 is 15.5 Å². The maximum atomic E-state index is 4.97. The summed E-state index contributed by atoms with van der Waals surface area (Å²) in [5.74, 6) is 0.960. The molecule has 0 saturated carbocycles. The van der Waals surface area contributed by atoms with Crippen molar-refractivity contribution in [3.63, 3.8) is 0 Å². The van der Waals surface area contributed by atoms with Crippen LogP contribution in [-0.2, 0) is 13.1 Å². The fourth-order valence-electron chi connectivity index (χ4n) is 4.72. The summed E-state index contributed by atoms with van der Waals surface area (Å²) in [6, 6.07) is 10.7. The molecule has 1 aromatic rings. The van der Waals surface area contributed by atoms with E-state index in [4.69, 9.17) is 4.99 Å². The van der Waals surface area contributed by atoms with E-state index in [0.717, 1.165) is 25.6 Å². The minimum atomic E-state index is 0. The van der Waals surface area contributed by atoms with Crippen LogP contribution in [0.4, 0.5) is 0 Å². The molecule has 31 heavy (non-hydrogen) atoms. The van der Waals surface area contributed by atoms with Crippen LogP contribution in [0.5, 0.6) is 0 Å². The molecule has 0 aromatic heterocycles. The van der Waals surface area contributed by atoms with Crippen molar-refractivity contribution in [2.75, 3.05) is 26.2 Å². The zero-order valence-corrected chi connectivity index (χ0v) is 22.4. The molecule has 1 aromatic carbocycles. The Hall–Kier alpha value is -0.860. The van der Waals surface area contributed by atoms with Crippen LogP contribution >= 0.6 is 24.0 Å². The SMILES string of the molecule is CCNC(=NCc1ccccc1CN1CCCCC1C)NC1CCN(C(C)C)CC1.I. The molecule has 1 atom stereocenters. The highest BCUT2D eigenvalue weighted by Gasteiger charge is 2.22. The summed E-state index contributed by atoms with van der Waals surface area (Å²) in [7, 11) is 0. The largest absolute Gasteiger partial charge is 0.357 e. The van der Waals surface area contributed by atoms with Gasteiger partial charge >= 0.3 is 0 Å². The predicted molar refractivity (Wildman–Crippen MR) is 143 cm³/mol. The topological polar surface area (TPSA) is 42.9 Å². The Balaban J connectivity index is 0.00000341. The fraction of sp³-hybridized carbons (Fsp3) is 0.720. The molecule has 0 spiro atoms. The van der Waals surface area contributed by atoms with Gasteiger partial charge in [-0.2, -0.15) is 0 Å². The van der Waals surface area contributed by atoms with Gasteiger partial charge in [-0.1, -0.05) is 30.7 Å². The zero-order chi connectivity index (χ0) is 21.3. The second-order valence-electron chi connectivity index (χ2n) is 9.33. The van der Waals surface area contributed by atoms with Gasteiger partial charge in [0.2, 0.25) is 0 Å². The first-order chi connectivity index (χ1) is 14.6. The van der Waals surface area contributed by atoms with Gasteiger partial charge in [0.25, 0.3) is 0 Å². The fourth-order valence-corrected chi connectivity index (χ4v) is 4.72. The Morgan fingerprint density at radius 1 is 1.06 bits per heavy atom. The van der Waals surface area contributed by atoms with Crippen molar-refractivity contribution in [1.82, 2.24) is 20.4 Å². The molecule has 2 heterocycles. The van der Waals surface area contributed by atoms with E-state index in [1.807, 2.05) is 0 Å². The molecule has 1 unspecified atom stereocenters. The molecule has 0 amide bonds. The lowest BCUT2D eigenvalue weighted by molar-refractivity contribution is 0.152. The van der Waals surface area contributed by atoms with E-state index in [0.29, 0.717) is 18.1 Å². The molecule has 2 saturated heterocycles. The normalized spacial score (nSPS) is 21.7. The highest BCUT2D eigenvalue weighted by molar-refractivity contribution is 14.0. The number of benzene rings is 1. The maximum absolute atomic E-state index is 4.97. The summed E-state index contributed by atoms with van der Waals surface area (Å²) in [5.41, 5.74) is 2.78. The van der Waals surface area contributed by atoms with Crippen molar-refractivity contribution in [1.29, 1.82) is 0 Å². The summed E-state index contributed by atoms with van der Waals surface area (Å²) in [4.78, 5) is 10.2. The average Bonchev–Trinajstić information content (AvgIpc) is 2.75. The molecular formula is C25H44IN5. The van der Waals surface area contributed by atoms with Crippen molar-refractivity contribution in [3.05, 3.63) is 35.4 Å². The number of piperidine rings is 2. The number of nitrogens with zero attached hydrogens (tertiary/aromatic N) is 3. The van der Waals surface area contributed by atoms with E-state index in [9.17, 15) is 0 Å². The lowest BCUT2D eigenvalue weighted by Gasteiger charge is -2.35. The van der Waals surface area contributed by atoms with Gasteiger partial charge in [-0.15, -0.1) is 24.0 Å². The van der Waals surface area contributed by atoms with E-state index >= 15 is 0 Å². The number of likely N-dealkylation sites (tertiary alicyclic amines) is 2. The Bertz CT molecular complexity index is 670. The Labute approximate surface area is 207 Å². The summed E-state index contributed by atoms with van der Waals surface area (Å²) in [6.07, 6.45) is 6.40. The monoisotopic (exact) mass is 541 g/mol. The van der Waals surface area contributed by atoms with E-state index in [2.05, 4.69) is 72.4 Å². The average molecular weight is 542 g/mol. The summed E-state index contributed by atoms with van der Waals surface area (Å²) < 4.78 is 0. The van der Waals surface area contributed by atoms with Crippen LogP contribution in [0.1, 0.15) is 70.9 Å². The predicted octanol–water partition coefficient (Wildman–Crippen LogP) is 4.61. The molecule has 2 aliphatic heterocycles. The molecule has 5 nitrogen and oxygen atoms in total. The van der Waals surface area contributed by atoms with Crippen molar-refractivity contribution in [2.24, 2.45) is 4.99 Å². The van der Waals surface area contributed by atoms with Crippen molar-refractivity contribution in [2.45, 2.75) is 91.0 Å². The van der Waals surface area contributed by atoms with Gasteiger partial charge in [0.05, 0.1) is 6.54 Å². The van der Waals surface area contributed by atoms with Gasteiger partial charge in [0.15, 0.2) is 5.96 Å². The van der Waals surface area contributed by atoms with E-state index in [1.54, 1.807) is 0 Å². The Kier molecular flexibility index (Phi) is 11.6. The molecule has 0 radical (unpaired) electrons. The summed E-state index contributed by atoms with van der Waals surface area (Å²) in [5, 5.41) is 7.15. The third kappa shape index (κ3) is 8.21. The molecule has 2 N–H and O–H groups in total. The van der Waals surface area contributed by atoms with Crippen LogP contribution in [0.15, 0.2) is 29.3 Å². The minimum absolute atomic E-state index is 0. The van der Waals surface area contributed by atoms with Crippen LogP contribution in [0.25, 0.3) is 0 Å². The van der Waals surface area contributed by atoms with E-state index in [1.165, 1.54) is 62.9 Å². The lowest BCUT2D eigenvalue weighted by Crippen LogP contribution is -2.49. The molecule has 6 heteroatoms. The second kappa shape index (κ2) is 13.6. The number of hydrogen-bond donors (Lipinski definition) is 2.